The minimum absolute atomic E-state index is 0.297. The molecule has 0 amide bonds. The zero-order valence-electron chi connectivity index (χ0n) is 7.07. The number of aliphatic hydroxyl groups is 1. The van der Waals surface area contributed by atoms with Gasteiger partial charge in [-0.15, -0.1) is 0 Å². The van der Waals surface area contributed by atoms with Crippen molar-refractivity contribution in [2.75, 3.05) is 5.73 Å². The Morgan fingerprint density at radius 3 is 2.42 bits per heavy atom. The van der Waals surface area contributed by atoms with E-state index >= 15 is 0 Å². The van der Waals surface area contributed by atoms with E-state index in [1.165, 1.54) is 0 Å². The lowest BCUT2D eigenvalue weighted by molar-refractivity contribution is 0.154. The van der Waals surface area contributed by atoms with Crippen molar-refractivity contribution in [3.05, 3.63) is 29.8 Å². The lowest BCUT2D eigenvalue weighted by Gasteiger charge is -2.16. The maximum atomic E-state index is 9.57. The molecule has 0 saturated carbocycles. The fraction of sp³-hybridized carbons (Fsp3) is 0.333. The van der Waals surface area contributed by atoms with E-state index in [4.69, 9.17) is 11.5 Å². The molecule has 5 N–H and O–H groups in total. The van der Waals surface area contributed by atoms with Gasteiger partial charge in [-0.3, -0.25) is 0 Å². The number of hydrogen-bond acceptors (Lipinski definition) is 3. The Morgan fingerprint density at radius 1 is 1.33 bits per heavy atom. The van der Waals surface area contributed by atoms with Crippen LogP contribution in [0.5, 0.6) is 0 Å². The second kappa shape index (κ2) is 3.56. The average Bonchev–Trinajstić information content (AvgIpc) is 2.04. The summed E-state index contributed by atoms with van der Waals surface area (Å²) in [6.45, 7) is 1.75. The first-order chi connectivity index (χ1) is 5.63. The number of benzene rings is 1. The van der Waals surface area contributed by atoms with Gasteiger partial charge in [-0.25, -0.2) is 0 Å². The molecule has 0 unspecified atom stereocenters. The fourth-order valence-corrected chi connectivity index (χ4v) is 1.06. The summed E-state index contributed by atoms with van der Waals surface area (Å²) in [6.07, 6.45) is -0.675. The average molecular weight is 166 g/mol. The van der Waals surface area contributed by atoms with Crippen molar-refractivity contribution >= 4 is 5.69 Å². The predicted octanol–water partition coefficient (Wildman–Crippen LogP) is 0.649. The molecule has 0 aliphatic carbocycles. The van der Waals surface area contributed by atoms with Crippen LogP contribution in [-0.4, -0.2) is 11.1 Å². The SMILES string of the molecule is C[C@H](N)[C@H](O)c1ccccc1N. The Morgan fingerprint density at radius 2 is 1.92 bits per heavy atom. The van der Waals surface area contributed by atoms with Crippen LogP contribution in [-0.2, 0) is 0 Å². The lowest BCUT2D eigenvalue weighted by atomic mass is 10.0. The van der Waals surface area contributed by atoms with Crippen molar-refractivity contribution in [2.24, 2.45) is 5.73 Å². The third-order valence-electron chi connectivity index (χ3n) is 1.81. The molecule has 3 heteroatoms. The van der Waals surface area contributed by atoms with Crippen LogP contribution in [0.2, 0.25) is 0 Å². The zero-order chi connectivity index (χ0) is 9.14. The highest BCUT2D eigenvalue weighted by molar-refractivity contribution is 5.47. The van der Waals surface area contributed by atoms with E-state index < -0.39 is 6.10 Å². The first-order valence-corrected chi connectivity index (χ1v) is 3.91. The summed E-state index contributed by atoms with van der Waals surface area (Å²) in [5.41, 5.74) is 12.5. The van der Waals surface area contributed by atoms with Crippen molar-refractivity contribution in [3.8, 4) is 0 Å². The van der Waals surface area contributed by atoms with Gasteiger partial charge in [-0.2, -0.15) is 0 Å². The summed E-state index contributed by atoms with van der Waals surface area (Å²) >= 11 is 0. The third-order valence-corrected chi connectivity index (χ3v) is 1.81. The molecule has 3 nitrogen and oxygen atoms in total. The summed E-state index contributed by atoms with van der Waals surface area (Å²) in [4.78, 5) is 0. The van der Waals surface area contributed by atoms with Crippen molar-refractivity contribution in [1.29, 1.82) is 0 Å². The zero-order valence-corrected chi connectivity index (χ0v) is 7.07. The summed E-state index contributed by atoms with van der Waals surface area (Å²) in [5.74, 6) is 0. The molecule has 1 aromatic rings. The fourth-order valence-electron chi connectivity index (χ4n) is 1.06. The van der Waals surface area contributed by atoms with Crippen molar-refractivity contribution < 1.29 is 5.11 Å². The minimum atomic E-state index is -0.675. The van der Waals surface area contributed by atoms with Gasteiger partial charge in [-0.1, -0.05) is 18.2 Å². The topological polar surface area (TPSA) is 72.3 Å². The largest absolute Gasteiger partial charge is 0.398 e. The smallest absolute Gasteiger partial charge is 0.0957 e. The normalized spacial score (nSPS) is 15.6. The number of nitrogens with two attached hydrogens (primary N) is 2. The van der Waals surface area contributed by atoms with Crippen LogP contribution in [0.25, 0.3) is 0 Å². The van der Waals surface area contributed by atoms with Gasteiger partial charge in [0.15, 0.2) is 0 Å². The van der Waals surface area contributed by atoms with Crippen LogP contribution >= 0.6 is 0 Å². The highest BCUT2D eigenvalue weighted by Crippen LogP contribution is 2.21. The van der Waals surface area contributed by atoms with Gasteiger partial charge in [0.1, 0.15) is 0 Å². The Labute approximate surface area is 72.0 Å². The molecule has 0 fully saturated rings. The van der Waals surface area contributed by atoms with E-state index in [1.54, 1.807) is 19.1 Å². The van der Waals surface area contributed by atoms with Crippen molar-refractivity contribution in [3.63, 3.8) is 0 Å². The molecular formula is C9H14N2O. The van der Waals surface area contributed by atoms with E-state index in [2.05, 4.69) is 0 Å². The summed E-state index contributed by atoms with van der Waals surface area (Å²) in [6, 6.07) is 6.89. The highest BCUT2D eigenvalue weighted by atomic mass is 16.3. The van der Waals surface area contributed by atoms with Gasteiger partial charge in [0.25, 0.3) is 0 Å². The molecule has 2 atom stereocenters. The molecule has 0 bridgehead atoms. The Balaban J connectivity index is 2.94. The van der Waals surface area contributed by atoms with Crippen molar-refractivity contribution in [1.82, 2.24) is 0 Å². The van der Waals surface area contributed by atoms with Gasteiger partial charge < -0.3 is 16.6 Å². The maximum absolute atomic E-state index is 9.57. The number of para-hydroxylation sites is 1. The Bertz CT molecular complexity index is 260. The van der Waals surface area contributed by atoms with E-state index in [1.807, 2.05) is 12.1 Å². The van der Waals surface area contributed by atoms with E-state index in [0.717, 1.165) is 0 Å². The molecular weight excluding hydrogens is 152 g/mol. The van der Waals surface area contributed by atoms with Crippen LogP contribution < -0.4 is 11.5 Å². The second-order valence-corrected chi connectivity index (χ2v) is 2.93. The first-order valence-electron chi connectivity index (χ1n) is 3.91. The molecule has 0 aliphatic heterocycles. The minimum Gasteiger partial charge on any atom is -0.398 e. The number of rotatable bonds is 2. The van der Waals surface area contributed by atoms with Crippen LogP contribution in [0.15, 0.2) is 24.3 Å². The van der Waals surface area contributed by atoms with Crippen LogP contribution in [0.3, 0.4) is 0 Å². The molecule has 0 aromatic heterocycles. The van der Waals surface area contributed by atoms with Crippen LogP contribution in [0.1, 0.15) is 18.6 Å². The van der Waals surface area contributed by atoms with Gasteiger partial charge in [0.2, 0.25) is 0 Å². The molecule has 0 radical (unpaired) electrons. The summed E-state index contributed by atoms with van der Waals surface area (Å²) in [5, 5.41) is 9.57. The van der Waals surface area contributed by atoms with Crippen LogP contribution in [0, 0.1) is 0 Å². The second-order valence-electron chi connectivity index (χ2n) is 2.93. The Kier molecular flexibility index (Phi) is 2.68. The molecule has 1 aromatic carbocycles. The molecule has 12 heavy (non-hydrogen) atoms. The quantitative estimate of drug-likeness (QED) is 0.565. The number of hydrogen-bond donors (Lipinski definition) is 3. The number of aliphatic hydroxyl groups excluding tert-OH is 1. The number of anilines is 1. The highest BCUT2D eigenvalue weighted by Gasteiger charge is 2.13. The molecule has 66 valence electrons. The van der Waals surface area contributed by atoms with E-state index in [9.17, 15) is 5.11 Å². The van der Waals surface area contributed by atoms with Crippen molar-refractivity contribution in [2.45, 2.75) is 19.1 Å². The van der Waals surface area contributed by atoms with E-state index in [0.29, 0.717) is 11.3 Å². The summed E-state index contributed by atoms with van der Waals surface area (Å²) < 4.78 is 0. The molecule has 0 heterocycles. The van der Waals surface area contributed by atoms with Gasteiger partial charge >= 0.3 is 0 Å². The predicted molar refractivity (Wildman–Crippen MR) is 49.5 cm³/mol. The van der Waals surface area contributed by atoms with E-state index in [-0.39, 0.29) is 6.04 Å². The first kappa shape index (κ1) is 9.03. The summed E-state index contributed by atoms with van der Waals surface area (Å²) in [7, 11) is 0. The number of nitrogen functional groups attached to an aromatic ring is 1. The molecule has 0 saturated heterocycles. The monoisotopic (exact) mass is 166 g/mol. The van der Waals surface area contributed by atoms with Gasteiger partial charge in [0, 0.05) is 17.3 Å². The van der Waals surface area contributed by atoms with Crippen LogP contribution in [0.4, 0.5) is 5.69 Å². The lowest BCUT2D eigenvalue weighted by Crippen LogP contribution is -2.25. The standard InChI is InChI=1S/C9H14N2O/c1-6(10)9(12)7-4-2-3-5-8(7)11/h2-6,9,12H,10-11H2,1H3/t6-,9-/m0/s1. The molecule has 0 spiro atoms. The third kappa shape index (κ3) is 1.75. The van der Waals surface area contributed by atoms with Gasteiger partial charge in [-0.05, 0) is 13.0 Å². The Hall–Kier alpha value is -1.06. The molecule has 0 aliphatic rings. The maximum Gasteiger partial charge on any atom is 0.0957 e. The molecule has 1 rings (SSSR count). The van der Waals surface area contributed by atoms with Gasteiger partial charge in [0.05, 0.1) is 6.10 Å².